The number of ether oxygens (including phenoxy) is 1. The number of halogens is 1. The molecule has 1 aromatic rings. The average molecular weight is 382 g/mol. The molecule has 1 aromatic carbocycles. The van der Waals surface area contributed by atoms with Crippen LogP contribution in [0.3, 0.4) is 0 Å². The predicted octanol–water partition coefficient (Wildman–Crippen LogP) is 2.30. The number of hydrogen-bond acceptors (Lipinski definition) is 4. The Morgan fingerprint density at radius 2 is 2.15 bits per heavy atom. The zero-order valence-corrected chi connectivity index (χ0v) is 15.5. The maximum absolute atomic E-state index is 14.6. The standard InChI is InChI=1S/C18H23FN2O4S/c1-2-17(22)20-10-14-11-21(18(23)25-14)13-3-4-15(16(19)9-13)12-5-7-26(24)8-6-12/h3-4,9,12,14H,2,5-8,10-11H2,1H3,(H,20,22)/t12-,14-,26-/m0/s1. The van der Waals surface area contributed by atoms with Gasteiger partial charge in [-0.2, -0.15) is 0 Å². The lowest BCUT2D eigenvalue weighted by Gasteiger charge is -2.25. The van der Waals surface area contributed by atoms with Crippen molar-refractivity contribution in [1.29, 1.82) is 0 Å². The second-order valence-electron chi connectivity index (χ2n) is 6.60. The SMILES string of the molecule is CCC(=O)NC[C@H]1CN(c2ccc([C@H]3CC[S@+]([O-])CC3)c(F)c2)C(=O)O1. The third kappa shape index (κ3) is 4.29. The van der Waals surface area contributed by atoms with Crippen LogP contribution in [0.5, 0.6) is 0 Å². The van der Waals surface area contributed by atoms with Crippen molar-refractivity contribution in [2.24, 2.45) is 0 Å². The smallest absolute Gasteiger partial charge is 0.414 e. The first-order valence-corrected chi connectivity index (χ1v) is 10.4. The van der Waals surface area contributed by atoms with Crippen molar-refractivity contribution in [3.05, 3.63) is 29.6 Å². The summed E-state index contributed by atoms with van der Waals surface area (Å²) in [7, 11) is 0. The summed E-state index contributed by atoms with van der Waals surface area (Å²) in [5.74, 6) is 0.827. The van der Waals surface area contributed by atoms with Crippen LogP contribution in [0.2, 0.25) is 0 Å². The number of benzene rings is 1. The Morgan fingerprint density at radius 3 is 2.81 bits per heavy atom. The van der Waals surface area contributed by atoms with Crippen molar-refractivity contribution in [3.8, 4) is 0 Å². The minimum atomic E-state index is -0.785. The van der Waals surface area contributed by atoms with Crippen molar-refractivity contribution < 1.29 is 23.3 Å². The predicted molar refractivity (Wildman–Crippen MR) is 97.2 cm³/mol. The Balaban J connectivity index is 1.65. The molecule has 2 aliphatic heterocycles. The molecular formula is C18H23FN2O4S. The van der Waals surface area contributed by atoms with Gasteiger partial charge in [0.1, 0.15) is 23.4 Å². The van der Waals surface area contributed by atoms with Gasteiger partial charge in [0.05, 0.1) is 18.8 Å². The van der Waals surface area contributed by atoms with Crippen LogP contribution in [0.25, 0.3) is 0 Å². The molecule has 0 aromatic heterocycles. The highest BCUT2D eigenvalue weighted by atomic mass is 32.2. The molecule has 3 rings (SSSR count). The molecule has 0 bridgehead atoms. The second kappa shape index (κ2) is 8.26. The van der Waals surface area contributed by atoms with Crippen molar-refractivity contribution in [1.82, 2.24) is 5.32 Å². The van der Waals surface area contributed by atoms with Gasteiger partial charge in [0, 0.05) is 6.42 Å². The van der Waals surface area contributed by atoms with Crippen LogP contribution >= 0.6 is 0 Å². The molecule has 2 fully saturated rings. The summed E-state index contributed by atoms with van der Waals surface area (Å²) in [6.45, 7) is 2.26. The number of hydrogen-bond donors (Lipinski definition) is 1. The lowest BCUT2D eigenvalue weighted by molar-refractivity contribution is -0.121. The first-order valence-electron chi connectivity index (χ1n) is 8.87. The molecule has 0 spiro atoms. The Kier molecular flexibility index (Phi) is 6.03. The van der Waals surface area contributed by atoms with Crippen LogP contribution in [-0.2, 0) is 20.7 Å². The zero-order valence-electron chi connectivity index (χ0n) is 14.7. The number of anilines is 1. The molecule has 0 saturated carbocycles. The molecule has 6 nitrogen and oxygen atoms in total. The summed E-state index contributed by atoms with van der Waals surface area (Å²) in [5, 5.41) is 2.69. The van der Waals surface area contributed by atoms with Crippen LogP contribution in [0.1, 0.15) is 37.7 Å². The number of amides is 2. The third-order valence-corrected chi connectivity index (χ3v) is 6.23. The average Bonchev–Trinajstić information content (AvgIpc) is 3.01. The maximum atomic E-state index is 14.6. The first kappa shape index (κ1) is 19.0. The van der Waals surface area contributed by atoms with Crippen LogP contribution in [-0.4, -0.2) is 47.3 Å². The van der Waals surface area contributed by atoms with E-state index in [1.54, 1.807) is 19.1 Å². The molecule has 8 heteroatoms. The number of carbonyl (C=O) groups excluding carboxylic acids is 2. The van der Waals surface area contributed by atoms with Crippen LogP contribution in [0, 0.1) is 5.82 Å². The summed E-state index contributed by atoms with van der Waals surface area (Å²) in [5.41, 5.74) is 1.06. The number of nitrogens with one attached hydrogen (secondary N) is 1. The highest BCUT2D eigenvalue weighted by molar-refractivity contribution is 7.91. The fraction of sp³-hybridized carbons (Fsp3) is 0.556. The Morgan fingerprint density at radius 1 is 1.42 bits per heavy atom. The Bertz CT molecular complexity index is 679. The topological polar surface area (TPSA) is 81.7 Å². The van der Waals surface area contributed by atoms with E-state index in [4.69, 9.17) is 4.74 Å². The molecule has 0 unspecified atom stereocenters. The molecule has 2 saturated heterocycles. The Hall–Kier alpha value is -1.80. The van der Waals surface area contributed by atoms with Gasteiger partial charge in [0.2, 0.25) is 5.91 Å². The highest BCUT2D eigenvalue weighted by Crippen LogP contribution is 2.33. The highest BCUT2D eigenvalue weighted by Gasteiger charge is 2.33. The van der Waals surface area contributed by atoms with E-state index in [1.807, 2.05) is 0 Å². The molecule has 2 heterocycles. The monoisotopic (exact) mass is 382 g/mol. The van der Waals surface area contributed by atoms with Crippen molar-refractivity contribution in [2.75, 3.05) is 29.5 Å². The quantitative estimate of drug-likeness (QED) is 0.793. The summed E-state index contributed by atoms with van der Waals surface area (Å²) in [6, 6.07) is 4.79. The molecule has 142 valence electrons. The van der Waals surface area contributed by atoms with E-state index >= 15 is 0 Å². The normalized spacial score (nSPS) is 25.9. The molecule has 2 aliphatic rings. The lowest BCUT2D eigenvalue weighted by Crippen LogP contribution is -2.34. The van der Waals surface area contributed by atoms with E-state index in [9.17, 15) is 18.5 Å². The lowest BCUT2D eigenvalue weighted by atomic mass is 9.93. The molecule has 1 atom stereocenters. The van der Waals surface area contributed by atoms with E-state index in [0.717, 1.165) is 0 Å². The summed E-state index contributed by atoms with van der Waals surface area (Å²) in [6.07, 6.45) is 0.808. The zero-order chi connectivity index (χ0) is 18.7. The van der Waals surface area contributed by atoms with Crippen LogP contribution in [0.15, 0.2) is 18.2 Å². The van der Waals surface area contributed by atoms with E-state index in [1.165, 1.54) is 11.0 Å². The van der Waals surface area contributed by atoms with E-state index in [0.29, 0.717) is 42.0 Å². The van der Waals surface area contributed by atoms with Gasteiger partial charge in [0.25, 0.3) is 0 Å². The van der Waals surface area contributed by atoms with Gasteiger partial charge in [0.15, 0.2) is 0 Å². The van der Waals surface area contributed by atoms with Gasteiger partial charge in [-0.1, -0.05) is 24.2 Å². The van der Waals surface area contributed by atoms with E-state index in [-0.39, 0.29) is 30.7 Å². The number of cyclic esters (lactones) is 1. The van der Waals surface area contributed by atoms with Gasteiger partial charge < -0.3 is 14.6 Å². The fourth-order valence-electron chi connectivity index (χ4n) is 3.31. The molecule has 0 aliphatic carbocycles. The molecule has 0 radical (unpaired) electrons. The molecule has 2 amide bonds. The fourth-order valence-corrected chi connectivity index (χ4v) is 4.61. The van der Waals surface area contributed by atoms with Crippen molar-refractivity contribution in [2.45, 2.75) is 38.2 Å². The summed E-state index contributed by atoms with van der Waals surface area (Å²) in [4.78, 5) is 24.8. The number of nitrogens with zero attached hydrogens (tertiary/aromatic N) is 1. The minimum absolute atomic E-state index is 0.0734. The molecule has 26 heavy (non-hydrogen) atoms. The van der Waals surface area contributed by atoms with Gasteiger partial charge in [-0.25, -0.2) is 9.18 Å². The number of carbonyl (C=O) groups is 2. The van der Waals surface area contributed by atoms with Gasteiger partial charge in [-0.15, -0.1) is 0 Å². The van der Waals surface area contributed by atoms with Gasteiger partial charge >= 0.3 is 6.09 Å². The van der Waals surface area contributed by atoms with Crippen LogP contribution in [0.4, 0.5) is 14.9 Å². The Labute approximate surface area is 155 Å². The molecular weight excluding hydrogens is 359 g/mol. The van der Waals surface area contributed by atoms with Gasteiger partial charge in [-0.3, -0.25) is 9.69 Å². The summed E-state index contributed by atoms with van der Waals surface area (Å²) < 4.78 is 31.3. The summed E-state index contributed by atoms with van der Waals surface area (Å²) >= 11 is -0.785. The van der Waals surface area contributed by atoms with Crippen molar-refractivity contribution in [3.63, 3.8) is 0 Å². The second-order valence-corrected chi connectivity index (χ2v) is 8.30. The van der Waals surface area contributed by atoms with E-state index in [2.05, 4.69) is 5.32 Å². The van der Waals surface area contributed by atoms with Crippen LogP contribution < -0.4 is 10.2 Å². The maximum Gasteiger partial charge on any atom is 0.414 e. The van der Waals surface area contributed by atoms with E-state index < -0.39 is 23.4 Å². The van der Waals surface area contributed by atoms with Gasteiger partial charge in [-0.05, 0) is 36.5 Å². The number of rotatable bonds is 5. The minimum Gasteiger partial charge on any atom is -0.616 e. The van der Waals surface area contributed by atoms with Crippen molar-refractivity contribution >= 4 is 28.9 Å². The first-order chi connectivity index (χ1) is 12.5. The molecule has 1 N–H and O–H groups in total. The third-order valence-electron chi connectivity index (χ3n) is 4.85. The largest absolute Gasteiger partial charge is 0.616 e.